The number of amides is 1. The predicted octanol–water partition coefficient (Wildman–Crippen LogP) is 3.56. The van der Waals surface area contributed by atoms with Gasteiger partial charge in [-0.3, -0.25) is 4.79 Å². The molecule has 2 rings (SSSR count). The normalized spacial score (nSPS) is 10.6. The smallest absolute Gasteiger partial charge is 0.251 e. The summed E-state index contributed by atoms with van der Waals surface area (Å²) in [5.74, 6) is 1.31. The first-order chi connectivity index (χ1) is 12.0. The summed E-state index contributed by atoms with van der Waals surface area (Å²) in [6, 6.07) is 12.9. The molecule has 0 saturated heterocycles. The van der Waals surface area contributed by atoms with Gasteiger partial charge in [0.05, 0.1) is 26.9 Å². The molecule has 5 heteroatoms. The Balaban J connectivity index is 2.09. The SMILES string of the molecule is COc1ccccc1CNC(=O)c1ccc(OC)c(COC(C)C)c1. The van der Waals surface area contributed by atoms with Crippen molar-refractivity contribution >= 4 is 5.91 Å². The zero-order valence-electron chi connectivity index (χ0n) is 15.2. The number of hydrogen-bond donors (Lipinski definition) is 1. The number of ether oxygens (including phenoxy) is 3. The highest BCUT2D eigenvalue weighted by atomic mass is 16.5. The van der Waals surface area contributed by atoms with Crippen LogP contribution >= 0.6 is 0 Å². The highest BCUT2D eigenvalue weighted by molar-refractivity contribution is 5.94. The second-order valence-electron chi connectivity index (χ2n) is 5.88. The number of benzene rings is 2. The van der Waals surface area contributed by atoms with Crippen LogP contribution in [-0.4, -0.2) is 26.2 Å². The molecule has 0 heterocycles. The van der Waals surface area contributed by atoms with Crippen LogP contribution in [0.5, 0.6) is 11.5 Å². The van der Waals surface area contributed by atoms with Crippen molar-refractivity contribution in [2.24, 2.45) is 0 Å². The van der Waals surface area contributed by atoms with Crippen LogP contribution in [0.1, 0.15) is 35.3 Å². The molecule has 0 bridgehead atoms. The number of nitrogens with one attached hydrogen (secondary N) is 1. The van der Waals surface area contributed by atoms with Crippen molar-refractivity contribution in [2.45, 2.75) is 33.1 Å². The standard InChI is InChI=1S/C20H25NO4/c1-14(2)25-13-17-11-15(9-10-19(17)24-4)20(22)21-12-16-7-5-6-8-18(16)23-3/h5-11,14H,12-13H2,1-4H3,(H,21,22). The van der Waals surface area contributed by atoms with E-state index < -0.39 is 0 Å². The number of methoxy groups -OCH3 is 2. The van der Waals surface area contributed by atoms with Crippen LogP contribution < -0.4 is 14.8 Å². The largest absolute Gasteiger partial charge is 0.496 e. The van der Waals surface area contributed by atoms with E-state index in [1.165, 1.54) is 0 Å². The van der Waals surface area contributed by atoms with Gasteiger partial charge in [0.2, 0.25) is 0 Å². The third kappa shape index (κ3) is 5.22. The average Bonchev–Trinajstić information content (AvgIpc) is 2.64. The maximum atomic E-state index is 12.5. The van der Waals surface area contributed by atoms with Gasteiger partial charge in [-0.1, -0.05) is 18.2 Å². The summed E-state index contributed by atoms with van der Waals surface area (Å²) in [5.41, 5.74) is 2.34. The van der Waals surface area contributed by atoms with Gasteiger partial charge in [0.25, 0.3) is 5.91 Å². The van der Waals surface area contributed by atoms with Gasteiger partial charge in [0, 0.05) is 23.2 Å². The lowest BCUT2D eigenvalue weighted by molar-refractivity contribution is 0.0644. The lowest BCUT2D eigenvalue weighted by Gasteiger charge is -2.13. The number of carbonyl (C=O) groups excluding carboxylic acids is 1. The van der Waals surface area contributed by atoms with Crippen LogP contribution in [0.3, 0.4) is 0 Å². The minimum absolute atomic E-state index is 0.104. The maximum absolute atomic E-state index is 12.5. The molecule has 134 valence electrons. The first-order valence-corrected chi connectivity index (χ1v) is 8.23. The third-order valence-corrected chi connectivity index (χ3v) is 3.75. The molecule has 0 atom stereocenters. The lowest BCUT2D eigenvalue weighted by Crippen LogP contribution is -2.23. The Labute approximate surface area is 148 Å². The van der Waals surface area contributed by atoms with Crippen molar-refractivity contribution in [3.05, 3.63) is 59.2 Å². The fraction of sp³-hybridized carbons (Fsp3) is 0.350. The van der Waals surface area contributed by atoms with Gasteiger partial charge < -0.3 is 19.5 Å². The molecular formula is C20H25NO4. The van der Waals surface area contributed by atoms with E-state index in [2.05, 4.69) is 5.32 Å². The summed E-state index contributed by atoms with van der Waals surface area (Å²) >= 11 is 0. The number of para-hydroxylation sites is 1. The van der Waals surface area contributed by atoms with Crippen LogP contribution in [0.4, 0.5) is 0 Å². The van der Waals surface area contributed by atoms with Crippen molar-refractivity contribution in [1.29, 1.82) is 0 Å². The van der Waals surface area contributed by atoms with Crippen LogP contribution in [-0.2, 0) is 17.9 Å². The Hall–Kier alpha value is -2.53. The van der Waals surface area contributed by atoms with Gasteiger partial charge in [-0.15, -0.1) is 0 Å². The molecule has 5 nitrogen and oxygen atoms in total. The highest BCUT2D eigenvalue weighted by Gasteiger charge is 2.12. The monoisotopic (exact) mass is 343 g/mol. The Morgan fingerprint density at radius 1 is 1.00 bits per heavy atom. The van der Waals surface area contributed by atoms with E-state index in [9.17, 15) is 4.79 Å². The van der Waals surface area contributed by atoms with E-state index in [4.69, 9.17) is 14.2 Å². The maximum Gasteiger partial charge on any atom is 0.251 e. The summed E-state index contributed by atoms with van der Waals surface area (Å²) in [7, 11) is 3.22. The van der Waals surface area contributed by atoms with E-state index in [0.717, 1.165) is 16.9 Å². The lowest BCUT2D eigenvalue weighted by atomic mass is 10.1. The van der Waals surface area contributed by atoms with Gasteiger partial charge in [-0.2, -0.15) is 0 Å². The van der Waals surface area contributed by atoms with Gasteiger partial charge in [-0.25, -0.2) is 0 Å². The van der Waals surface area contributed by atoms with Crippen molar-refractivity contribution in [1.82, 2.24) is 5.32 Å². The summed E-state index contributed by atoms with van der Waals surface area (Å²) in [4.78, 5) is 12.5. The zero-order chi connectivity index (χ0) is 18.2. The zero-order valence-corrected chi connectivity index (χ0v) is 15.2. The van der Waals surface area contributed by atoms with Crippen molar-refractivity contribution < 1.29 is 19.0 Å². The first kappa shape index (κ1) is 18.8. The van der Waals surface area contributed by atoms with E-state index in [0.29, 0.717) is 24.5 Å². The molecule has 0 aliphatic rings. The molecule has 0 aliphatic heterocycles. The van der Waals surface area contributed by atoms with E-state index >= 15 is 0 Å². The molecule has 0 saturated carbocycles. The second kappa shape index (κ2) is 9.08. The van der Waals surface area contributed by atoms with E-state index in [-0.39, 0.29) is 12.0 Å². The minimum Gasteiger partial charge on any atom is -0.496 e. The van der Waals surface area contributed by atoms with E-state index in [1.807, 2.05) is 38.1 Å². The topological polar surface area (TPSA) is 56.8 Å². The van der Waals surface area contributed by atoms with Crippen LogP contribution in [0.25, 0.3) is 0 Å². The van der Waals surface area contributed by atoms with Gasteiger partial charge in [-0.05, 0) is 38.1 Å². The van der Waals surface area contributed by atoms with E-state index in [1.54, 1.807) is 32.4 Å². The van der Waals surface area contributed by atoms with Crippen LogP contribution in [0, 0.1) is 0 Å². The fourth-order valence-corrected chi connectivity index (χ4v) is 2.42. The molecule has 25 heavy (non-hydrogen) atoms. The molecule has 0 radical (unpaired) electrons. The number of hydrogen-bond acceptors (Lipinski definition) is 4. The molecule has 0 unspecified atom stereocenters. The Bertz CT molecular complexity index is 713. The molecule has 0 fully saturated rings. The summed E-state index contributed by atoms with van der Waals surface area (Å²) < 4.78 is 16.3. The van der Waals surface area contributed by atoms with Crippen molar-refractivity contribution in [2.75, 3.05) is 14.2 Å². The second-order valence-corrected chi connectivity index (χ2v) is 5.88. The van der Waals surface area contributed by atoms with Crippen LogP contribution in [0.15, 0.2) is 42.5 Å². The average molecular weight is 343 g/mol. The van der Waals surface area contributed by atoms with Gasteiger partial charge in [0.15, 0.2) is 0 Å². The fourth-order valence-electron chi connectivity index (χ4n) is 2.42. The molecule has 0 spiro atoms. The Kier molecular flexibility index (Phi) is 6.83. The van der Waals surface area contributed by atoms with Crippen molar-refractivity contribution in [3.8, 4) is 11.5 Å². The molecule has 1 N–H and O–H groups in total. The number of rotatable bonds is 8. The summed E-state index contributed by atoms with van der Waals surface area (Å²) in [6.07, 6.45) is 0.104. The molecular weight excluding hydrogens is 318 g/mol. The minimum atomic E-state index is -0.153. The molecule has 2 aromatic carbocycles. The van der Waals surface area contributed by atoms with Gasteiger partial charge >= 0.3 is 0 Å². The quantitative estimate of drug-likeness (QED) is 0.796. The predicted molar refractivity (Wildman–Crippen MR) is 97.1 cm³/mol. The molecule has 0 aliphatic carbocycles. The van der Waals surface area contributed by atoms with Crippen molar-refractivity contribution in [3.63, 3.8) is 0 Å². The highest BCUT2D eigenvalue weighted by Crippen LogP contribution is 2.22. The summed E-state index contributed by atoms with van der Waals surface area (Å²) in [6.45, 7) is 4.73. The van der Waals surface area contributed by atoms with Crippen LogP contribution in [0.2, 0.25) is 0 Å². The molecule has 2 aromatic rings. The Morgan fingerprint density at radius 2 is 1.68 bits per heavy atom. The summed E-state index contributed by atoms with van der Waals surface area (Å²) in [5, 5.41) is 2.92. The first-order valence-electron chi connectivity index (χ1n) is 8.23. The molecule has 1 amide bonds. The third-order valence-electron chi connectivity index (χ3n) is 3.75. The molecule has 0 aromatic heterocycles. The number of carbonyl (C=O) groups is 1. The Morgan fingerprint density at radius 3 is 2.36 bits per heavy atom. The van der Waals surface area contributed by atoms with Gasteiger partial charge in [0.1, 0.15) is 11.5 Å².